The number of hydrogen-bond donors (Lipinski definition) is 1. The lowest BCUT2D eigenvalue weighted by atomic mass is 10.2. The second kappa shape index (κ2) is 10.3. The molecule has 2 aromatic carbocycles. The summed E-state index contributed by atoms with van der Waals surface area (Å²) in [4.78, 5) is 24.4. The maximum Gasteiger partial charge on any atom is 0.387 e. The zero-order chi connectivity index (χ0) is 21.4. The van der Waals surface area contributed by atoms with Gasteiger partial charge >= 0.3 is 12.6 Å². The molecule has 7 nitrogen and oxygen atoms in total. The van der Waals surface area contributed by atoms with Crippen molar-refractivity contribution in [1.29, 1.82) is 0 Å². The average Bonchev–Trinajstić information content (AvgIpc) is 2.69. The third kappa shape index (κ3) is 6.63. The summed E-state index contributed by atoms with van der Waals surface area (Å²) in [7, 11) is 1.53. The number of amides is 1. The van der Waals surface area contributed by atoms with Crippen LogP contribution >= 0.6 is 0 Å². The Morgan fingerprint density at radius 3 is 2.14 bits per heavy atom. The molecule has 0 aliphatic heterocycles. The first-order valence-corrected chi connectivity index (χ1v) is 8.66. The van der Waals surface area contributed by atoms with E-state index < -0.39 is 30.7 Å². The highest BCUT2D eigenvalue weighted by molar-refractivity contribution is 5.96. The zero-order valence-electron chi connectivity index (χ0n) is 16.1. The fourth-order valence-electron chi connectivity index (χ4n) is 2.23. The molecule has 9 heteroatoms. The summed E-state index contributed by atoms with van der Waals surface area (Å²) in [5.74, 6) is -0.620. The first kappa shape index (κ1) is 21.9. The van der Waals surface area contributed by atoms with Gasteiger partial charge in [0.2, 0.25) is 0 Å². The van der Waals surface area contributed by atoms with Gasteiger partial charge in [0.15, 0.2) is 12.2 Å². The van der Waals surface area contributed by atoms with Crippen LogP contribution in [0, 0.1) is 0 Å². The summed E-state index contributed by atoms with van der Waals surface area (Å²) >= 11 is 0. The van der Waals surface area contributed by atoms with Crippen LogP contribution in [-0.2, 0) is 14.3 Å². The molecule has 2 aromatic rings. The van der Waals surface area contributed by atoms with Crippen molar-refractivity contribution >= 4 is 17.6 Å². The molecule has 0 aliphatic carbocycles. The number of hydrogen-bond acceptors (Lipinski definition) is 6. The van der Waals surface area contributed by atoms with E-state index in [4.69, 9.17) is 14.2 Å². The van der Waals surface area contributed by atoms with Gasteiger partial charge in [0.25, 0.3) is 5.91 Å². The van der Waals surface area contributed by atoms with Gasteiger partial charge in [-0.2, -0.15) is 8.78 Å². The topological polar surface area (TPSA) is 83.1 Å². The number of anilines is 1. The van der Waals surface area contributed by atoms with Gasteiger partial charge in [-0.1, -0.05) is 12.1 Å². The summed E-state index contributed by atoms with van der Waals surface area (Å²) in [6, 6.07) is 12.3. The highest BCUT2D eigenvalue weighted by Gasteiger charge is 2.24. The Bertz CT molecular complexity index is 828. The van der Waals surface area contributed by atoms with E-state index in [9.17, 15) is 18.4 Å². The Morgan fingerprint density at radius 1 is 0.897 bits per heavy atom. The molecular weight excluding hydrogens is 388 g/mol. The molecule has 156 valence electrons. The van der Waals surface area contributed by atoms with Crippen molar-refractivity contribution in [1.82, 2.24) is 0 Å². The number of methoxy groups -OCH3 is 1. The van der Waals surface area contributed by atoms with E-state index in [2.05, 4.69) is 10.1 Å². The molecule has 29 heavy (non-hydrogen) atoms. The molecule has 0 radical (unpaired) electrons. The number of nitrogens with one attached hydrogen (secondary N) is 1. The van der Waals surface area contributed by atoms with E-state index in [0.29, 0.717) is 11.5 Å². The van der Waals surface area contributed by atoms with Crippen molar-refractivity contribution in [3.05, 3.63) is 48.5 Å². The number of halogens is 2. The van der Waals surface area contributed by atoms with Gasteiger partial charge in [0, 0.05) is 0 Å². The SMILES string of the molecule is COc1ccc(OC(C)C(=O)OC(C)C(=O)Nc2ccccc2OC(F)F)cc1. The van der Waals surface area contributed by atoms with Crippen molar-refractivity contribution in [2.75, 3.05) is 12.4 Å². The summed E-state index contributed by atoms with van der Waals surface area (Å²) in [5.41, 5.74) is 0.0308. The Kier molecular flexibility index (Phi) is 7.76. The van der Waals surface area contributed by atoms with Gasteiger partial charge in [0.1, 0.15) is 17.2 Å². The Balaban J connectivity index is 1.92. The minimum absolute atomic E-state index is 0.0308. The normalized spacial score (nSPS) is 12.6. The van der Waals surface area contributed by atoms with Gasteiger partial charge in [-0.15, -0.1) is 0 Å². The Morgan fingerprint density at radius 2 is 1.52 bits per heavy atom. The lowest BCUT2D eigenvalue weighted by Gasteiger charge is -2.18. The first-order chi connectivity index (χ1) is 13.8. The number of para-hydroxylation sites is 2. The summed E-state index contributed by atoms with van der Waals surface area (Å²) in [6.45, 7) is -0.216. The molecule has 1 amide bonds. The van der Waals surface area contributed by atoms with E-state index in [0.717, 1.165) is 0 Å². The minimum Gasteiger partial charge on any atom is -0.497 e. The Labute approximate surface area is 166 Å². The van der Waals surface area contributed by atoms with Gasteiger partial charge in [-0.25, -0.2) is 4.79 Å². The molecule has 0 spiro atoms. The molecule has 0 saturated heterocycles. The second-order valence-electron chi connectivity index (χ2n) is 5.88. The molecule has 2 unspecified atom stereocenters. The summed E-state index contributed by atoms with van der Waals surface area (Å²) in [5, 5.41) is 2.39. The van der Waals surface area contributed by atoms with Crippen LogP contribution in [0.1, 0.15) is 13.8 Å². The quantitative estimate of drug-likeness (QED) is 0.637. The zero-order valence-corrected chi connectivity index (χ0v) is 16.1. The van der Waals surface area contributed by atoms with Gasteiger partial charge < -0.3 is 24.3 Å². The van der Waals surface area contributed by atoms with E-state index >= 15 is 0 Å². The lowest BCUT2D eigenvalue weighted by molar-refractivity contribution is -0.159. The van der Waals surface area contributed by atoms with Crippen LogP contribution in [0.4, 0.5) is 14.5 Å². The van der Waals surface area contributed by atoms with Crippen molar-refractivity contribution in [3.8, 4) is 17.2 Å². The lowest BCUT2D eigenvalue weighted by Crippen LogP contribution is -2.35. The van der Waals surface area contributed by atoms with Crippen molar-refractivity contribution < 1.29 is 37.3 Å². The number of carbonyl (C=O) groups excluding carboxylic acids is 2. The molecule has 0 aromatic heterocycles. The second-order valence-corrected chi connectivity index (χ2v) is 5.88. The molecule has 2 atom stereocenters. The monoisotopic (exact) mass is 409 g/mol. The van der Waals surface area contributed by atoms with Crippen LogP contribution in [0.5, 0.6) is 17.2 Å². The highest BCUT2D eigenvalue weighted by atomic mass is 19.3. The summed E-state index contributed by atoms with van der Waals surface area (Å²) in [6.07, 6.45) is -2.17. The van der Waals surface area contributed by atoms with Crippen molar-refractivity contribution in [2.45, 2.75) is 32.7 Å². The highest BCUT2D eigenvalue weighted by Crippen LogP contribution is 2.25. The molecule has 0 fully saturated rings. The third-order valence-corrected chi connectivity index (χ3v) is 3.73. The molecular formula is C20H21F2NO6. The van der Waals surface area contributed by atoms with Gasteiger partial charge in [-0.3, -0.25) is 4.79 Å². The predicted octanol–water partition coefficient (Wildman–Crippen LogP) is 3.63. The standard InChI is InChI=1S/C20H21F2NO6/c1-12(18(24)23-16-6-4-5-7-17(16)29-20(21)22)28-19(25)13(2)27-15-10-8-14(26-3)9-11-15/h4-13,20H,1-3H3,(H,23,24). The number of alkyl halides is 2. The molecule has 0 bridgehead atoms. The fraction of sp³-hybridized carbons (Fsp3) is 0.300. The maximum atomic E-state index is 12.5. The third-order valence-electron chi connectivity index (χ3n) is 3.73. The van der Waals surface area contributed by atoms with E-state index in [1.165, 1.54) is 45.2 Å². The molecule has 2 rings (SSSR count). The van der Waals surface area contributed by atoms with Gasteiger partial charge in [-0.05, 0) is 50.2 Å². The molecule has 0 heterocycles. The van der Waals surface area contributed by atoms with Crippen LogP contribution in [0.3, 0.4) is 0 Å². The average molecular weight is 409 g/mol. The minimum atomic E-state index is -3.04. The number of esters is 1. The van der Waals surface area contributed by atoms with Crippen LogP contribution in [0.15, 0.2) is 48.5 Å². The summed E-state index contributed by atoms with van der Waals surface area (Å²) < 4.78 is 44.9. The maximum absolute atomic E-state index is 12.5. The van der Waals surface area contributed by atoms with E-state index in [1.54, 1.807) is 24.3 Å². The van der Waals surface area contributed by atoms with Crippen LogP contribution in [0.2, 0.25) is 0 Å². The van der Waals surface area contributed by atoms with Crippen molar-refractivity contribution in [3.63, 3.8) is 0 Å². The Hall–Kier alpha value is -3.36. The number of rotatable bonds is 9. The predicted molar refractivity (Wildman–Crippen MR) is 100 cm³/mol. The molecule has 0 aliphatic rings. The van der Waals surface area contributed by atoms with Crippen LogP contribution in [0.25, 0.3) is 0 Å². The molecule has 1 N–H and O–H groups in total. The smallest absolute Gasteiger partial charge is 0.387 e. The number of ether oxygens (including phenoxy) is 4. The number of benzene rings is 2. The van der Waals surface area contributed by atoms with E-state index in [-0.39, 0.29) is 11.4 Å². The number of carbonyl (C=O) groups is 2. The molecule has 0 saturated carbocycles. The van der Waals surface area contributed by atoms with Crippen molar-refractivity contribution in [2.24, 2.45) is 0 Å². The van der Waals surface area contributed by atoms with Crippen LogP contribution in [-0.4, -0.2) is 37.8 Å². The van der Waals surface area contributed by atoms with E-state index in [1.807, 2.05) is 0 Å². The first-order valence-electron chi connectivity index (χ1n) is 8.66. The van der Waals surface area contributed by atoms with Crippen LogP contribution < -0.4 is 19.5 Å². The largest absolute Gasteiger partial charge is 0.497 e. The van der Waals surface area contributed by atoms with Gasteiger partial charge in [0.05, 0.1) is 12.8 Å². The fourth-order valence-corrected chi connectivity index (χ4v) is 2.23.